The Kier molecular flexibility index (Phi) is 3.45. The molecule has 2 fully saturated rings. The fourth-order valence-electron chi connectivity index (χ4n) is 3.29. The first-order valence-corrected chi connectivity index (χ1v) is 6.19. The number of aliphatic hydroxyl groups is 1. The predicted octanol–water partition coefficient (Wildman–Crippen LogP) is 2.02. The van der Waals surface area contributed by atoms with Crippen molar-refractivity contribution in [3.63, 3.8) is 0 Å². The van der Waals surface area contributed by atoms with E-state index in [4.69, 9.17) is 0 Å². The average molecular weight is 197 g/mol. The van der Waals surface area contributed by atoms with Crippen LogP contribution in [0.1, 0.15) is 45.4 Å². The SMILES string of the molecule is CC1CCCN1C1CCCCC1CO. The van der Waals surface area contributed by atoms with Crippen LogP contribution in [0.4, 0.5) is 0 Å². The van der Waals surface area contributed by atoms with Crippen LogP contribution in [0.2, 0.25) is 0 Å². The topological polar surface area (TPSA) is 23.5 Å². The molecule has 1 heterocycles. The second-order valence-electron chi connectivity index (χ2n) is 5.02. The number of aliphatic hydroxyl groups excluding tert-OH is 1. The minimum atomic E-state index is 0.397. The van der Waals surface area contributed by atoms with Crippen LogP contribution in [-0.4, -0.2) is 35.2 Å². The zero-order valence-corrected chi connectivity index (χ0v) is 9.28. The number of hydrogen-bond acceptors (Lipinski definition) is 2. The van der Waals surface area contributed by atoms with Crippen molar-refractivity contribution in [2.45, 2.75) is 57.5 Å². The van der Waals surface area contributed by atoms with Crippen LogP contribution >= 0.6 is 0 Å². The predicted molar refractivity (Wildman–Crippen MR) is 58.2 cm³/mol. The Morgan fingerprint density at radius 2 is 1.93 bits per heavy atom. The van der Waals surface area contributed by atoms with E-state index in [0.717, 1.165) is 6.04 Å². The third-order valence-corrected chi connectivity index (χ3v) is 4.13. The van der Waals surface area contributed by atoms with Crippen molar-refractivity contribution in [1.29, 1.82) is 0 Å². The van der Waals surface area contributed by atoms with Gasteiger partial charge in [0, 0.05) is 18.7 Å². The maximum atomic E-state index is 9.38. The van der Waals surface area contributed by atoms with Gasteiger partial charge in [0.2, 0.25) is 0 Å². The summed E-state index contributed by atoms with van der Waals surface area (Å²) in [6.45, 7) is 4.01. The van der Waals surface area contributed by atoms with E-state index >= 15 is 0 Å². The van der Waals surface area contributed by atoms with E-state index in [2.05, 4.69) is 11.8 Å². The maximum Gasteiger partial charge on any atom is 0.0474 e. The average Bonchev–Trinajstić information content (AvgIpc) is 2.64. The lowest BCUT2D eigenvalue weighted by molar-refractivity contribution is 0.0615. The van der Waals surface area contributed by atoms with Gasteiger partial charge in [-0.05, 0) is 45.1 Å². The molecule has 0 aromatic rings. The van der Waals surface area contributed by atoms with E-state index in [-0.39, 0.29) is 0 Å². The lowest BCUT2D eigenvalue weighted by Gasteiger charge is -2.39. The lowest BCUT2D eigenvalue weighted by atomic mass is 9.84. The second kappa shape index (κ2) is 4.63. The Balaban J connectivity index is 1.99. The van der Waals surface area contributed by atoms with Gasteiger partial charge < -0.3 is 5.11 Å². The number of rotatable bonds is 2. The molecule has 2 aliphatic rings. The van der Waals surface area contributed by atoms with Gasteiger partial charge in [0.1, 0.15) is 0 Å². The Hall–Kier alpha value is -0.0800. The van der Waals surface area contributed by atoms with Crippen molar-refractivity contribution < 1.29 is 5.11 Å². The first-order chi connectivity index (χ1) is 6.83. The van der Waals surface area contributed by atoms with Crippen LogP contribution in [0.3, 0.4) is 0 Å². The molecule has 1 N–H and O–H groups in total. The molecule has 82 valence electrons. The number of likely N-dealkylation sites (tertiary alicyclic amines) is 1. The molecule has 3 atom stereocenters. The molecule has 1 aliphatic carbocycles. The zero-order chi connectivity index (χ0) is 9.97. The molecule has 1 saturated carbocycles. The molecular formula is C12H23NO. The lowest BCUT2D eigenvalue weighted by Crippen LogP contribution is -2.45. The van der Waals surface area contributed by atoms with E-state index in [1.807, 2.05) is 0 Å². The van der Waals surface area contributed by atoms with Gasteiger partial charge in [0.05, 0.1) is 0 Å². The molecule has 2 heteroatoms. The van der Waals surface area contributed by atoms with E-state index in [1.165, 1.54) is 45.1 Å². The quantitative estimate of drug-likeness (QED) is 0.732. The highest BCUT2D eigenvalue weighted by Crippen LogP contribution is 2.32. The molecular weight excluding hydrogens is 174 g/mol. The van der Waals surface area contributed by atoms with Crippen molar-refractivity contribution in [1.82, 2.24) is 4.90 Å². The molecule has 0 amide bonds. The Labute approximate surface area is 87.3 Å². The first-order valence-electron chi connectivity index (χ1n) is 6.19. The summed E-state index contributed by atoms with van der Waals surface area (Å²) in [6.07, 6.45) is 7.96. The largest absolute Gasteiger partial charge is 0.396 e. The van der Waals surface area contributed by atoms with Gasteiger partial charge >= 0.3 is 0 Å². The summed E-state index contributed by atoms with van der Waals surface area (Å²) in [5, 5.41) is 9.38. The van der Waals surface area contributed by atoms with Crippen molar-refractivity contribution in [3.05, 3.63) is 0 Å². The van der Waals surface area contributed by atoms with Gasteiger partial charge in [-0.15, -0.1) is 0 Å². The normalized spacial score (nSPS) is 40.3. The van der Waals surface area contributed by atoms with Gasteiger partial charge in [-0.25, -0.2) is 0 Å². The van der Waals surface area contributed by atoms with E-state index in [1.54, 1.807) is 0 Å². The van der Waals surface area contributed by atoms with Crippen molar-refractivity contribution in [2.75, 3.05) is 13.2 Å². The molecule has 2 nitrogen and oxygen atoms in total. The summed E-state index contributed by atoms with van der Waals surface area (Å²) in [5.74, 6) is 0.560. The van der Waals surface area contributed by atoms with Crippen LogP contribution in [0.25, 0.3) is 0 Å². The van der Waals surface area contributed by atoms with Gasteiger partial charge in [0.15, 0.2) is 0 Å². The van der Waals surface area contributed by atoms with Crippen molar-refractivity contribution >= 4 is 0 Å². The standard InChI is InChI=1S/C12H23NO/c1-10-5-4-8-13(10)12-7-3-2-6-11(12)9-14/h10-12,14H,2-9H2,1H3. The van der Waals surface area contributed by atoms with Crippen LogP contribution in [0, 0.1) is 5.92 Å². The Morgan fingerprint density at radius 1 is 1.14 bits per heavy atom. The molecule has 1 aliphatic heterocycles. The molecule has 0 radical (unpaired) electrons. The molecule has 1 saturated heterocycles. The van der Waals surface area contributed by atoms with E-state index < -0.39 is 0 Å². The first kappa shape index (κ1) is 10.4. The fraction of sp³-hybridized carbons (Fsp3) is 1.00. The molecule has 3 unspecified atom stereocenters. The second-order valence-corrected chi connectivity index (χ2v) is 5.02. The minimum Gasteiger partial charge on any atom is -0.396 e. The zero-order valence-electron chi connectivity index (χ0n) is 9.28. The van der Waals surface area contributed by atoms with Gasteiger partial charge in [0.25, 0.3) is 0 Å². The molecule has 14 heavy (non-hydrogen) atoms. The maximum absolute atomic E-state index is 9.38. The highest BCUT2D eigenvalue weighted by molar-refractivity contribution is 4.88. The van der Waals surface area contributed by atoms with E-state index in [9.17, 15) is 5.11 Å². The van der Waals surface area contributed by atoms with Crippen LogP contribution in [0.15, 0.2) is 0 Å². The Bertz CT molecular complexity index is 183. The van der Waals surface area contributed by atoms with Crippen LogP contribution in [-0.2, 0) is 0 Å². The van der Waals surface area contributed by atoms with Gasteiger partial charge in [-0.1, -0.05) is 12.8 Å². The molecule has 0 bridgehead atoms. The van der Waals surface area contributed by atoms with Gasteiger partial charge in [-0.3, -0.25) is 4.90 Å². The summed E-state index contributed by atoms with van der Waals surface area (Å²) in [5.41, 5.74) is 0. The fourth-order valence-corrected chi connectivity index (χ4v) is 3.29. The highest BCUT2D eigenvalue weighted by Gasteiger charge is 2.34. The smallest absolute Gasteiger partial charge is 0.0474 e. The summed E-state index contributed by atoms with van der Waals surface area (Å²) in [6, 6.07) is 1.44. The van der Waals surface area contributed by atoms with Crippen molar-refractivity contribution in [3.8, 4) is 0 Å². The number of nitrogens with zero attached hydrogens (tertiary/aromatic N) is 1. The van der Waals surface area contributed by atoms with Crippen LogP contribution < -0.4 is 0 Å². The summed E-state index contributed by atoms with van der Waals surface area (Å²) in [7, 11) is 0. The Morgan fingerprint density at radius 3 is 2.57 bits per heavy atom. The summed E-state index contributed by atoms with van der Waals surface area (Å²) in [4.78, 5) is 2.65. The third kappa shape index (κ3) is 1.96. The summed E-state index contributed by atoms with van der Waals surface area (Å²) < 4.78 is 0. The third-order valence-electron chi connectivity index (χ3n) is 4.13. The molecule has 2 rings (SSSR count). The highest BCUT2D eigenvalue weighted by atomic mass is 16.3. The summed E-state index contributed by atoms with van der Waals surface area (Å²) >= 11 is 0. The molecule has 0 aromatic carbocycles. The minimum absolute atomic E-state index is 0.397. The van der Waals surface area contributed by atoms with Crippen molar-refractivity contribution in [2.24, 2.45) is 5.92 Å². The number of hydrogen-bond donors (Lipinski definition) is 1. The molecule has 0 spiro atoms. The van der Waals surface area contributed by atoms with Crippen LogP contribution in [0.5, 0.6) is 0 Å². The molecule has 0 aromatic heterocycles. The van der Waals surface area contributed by atoms with E-state index in [0.29, 0.717) is 18.6 Å². The van der Waals surface area contributed by atoms with Gasteiger partial charge in [-0.2, -0.15) is 0 Å². The monoisotopic (exact) mass is 197 g/mol.